The van der Waals surface area contributed by atoms with Crippen LogP contribution < -0.4 is 19.9 Å². The average Bonchev–Trinajstić information content (AvgIpc) is 3.82. The van der Waals surface area contributed by atoms with Gasteiger partial charge in [-0.1, -0.05) is 29.3 Å². The van der Waals surface area contributed by atoms with Gasteiger partial charge in [-0.3, -0.25) is 4.31 Å². The molecule has 2 fully saturated rings. The molecule has 1 N–H and O–H groups in total. The van der Waals surface area contributed by atoms with E-state index in [1.54, 1.807) is 43.2 Å². The number of anilines is 3. The summed E-state index contributed by atoms with van der Waals surface area (Å²) in [5.74, 6) is -0.350. The van der Waals surface area contributed by atoms with Gasteiger partial charge < -0.3 is 43.4 Å². The highest BCUT2D eigenvalue weighted by Crippen LogP contribution is 2.40. The zero-order valence-electron chi connectivity index (χ0n) is 28.7. The quantitative estimate of drug-likeness (QED) is 0.112. The normalized spacial score (nSPS) is 19.1. The molecule has 0 bridgehead atoms. The van der Waals surface area contributed by atoms with Crippen LogP contribution in [0, 0.1) is 0 Å². The highest BCUT2D eigenvalue weighted by molar-refractivity contribution is 7.96. The Labute approximate surface area is 312 Å². The summed E-state index contributed by atoms with van der Waals surface area (Å²) in [6.45, 7) is 4.83. The van der Waals surface area contributed by atoms with Crippen molar-refractivity contribution < 1.29 is 28.5 Å². The van der Waals surface area contributed by atoms with Crippen LogP contribution in [0.1, 0.15) is 5.56 Å². The van der Waals surface area contributed by atoms with Crippen molar-refractivity contribution in [3.05, 3.63) is 101 Å². The minimum atomic E-state index is -1.10. The minimum absolute atomic E-state index is 0.233. The number of carbonyl (C=O) groups is 1. The maximum Gasteiger partial charge on any atom is 0.332 e. The third kappa shape index (κ3) is 9.22. The Bertz CT molecular complexity index is 1710. The van der Waals surface area contributed by atoms with Gasteiger partial charge in [-0.05, 0) is 72.6 Å². The van der Waals surface area contributed by atoms with E-state index in [-0.39, 0.29) is 12.1 Å². The lowest BCUT2D eigenvalue weighted by Crippen LogP contribution is -2.46. The molecular formula is C36H42Cl2N6O6S. The number of methoxy groups -OCH3 is 2. The number of nitrogens with one attached hydrogen (secondary N) is 1. The zero-order chi connectivity index (χ0) is 35.8. The average molecular weight is 758 g/mol. The Balaban J connectivity index is 0.980. The van der Waals surface area contributed by atoms with E-state index < -0.39 is 12.1 Å². The van der Waals surface area contributed by atoms with Crippen molar-refractivity contribution in [1.29, 1.82) is 0 Å². The first-order valence-corrected chi connectivity index (χ1v) is 18.5. The van der Waals surface area contributed by atoms with Gasteiger partial charge in [0.15, 0.2) is 6.29 Å². The van der Waals surface area contributed by atoms with Crippen molar-refractivity contribution in [2.45, 2.75) is 24.7 Å². The second-order valence-electron chi connectivity index (χ2n) is 12.1. The number of halogens is 2. The summed E-state index contributed by atoms with van der Waals surface area (Å²) in [6, 6.07) is 21.2. The molecule has 15 heteroatoms. The lowest BCUT2D eigenvalue weighted by atomic mass is 10.1. The van der Waals surface area contributed by atoms with Gasteiger partial charge in [0.1, 0.15) is 18.5 Å². The molecule has 0 spiro atoms. The molecule has 4 aromatic rings. The fraction of sp³-hybridized carbons (Fsp3) is 0.389. The minimum Gasteiger partial charge on any atom is -0.491 e. The second kappa shape index (κ2) is 17.2. The van der Waals surface area contributed by atoms with Crippen LogP contribution in [0.2, 0.25) is 10.0 Å². The molecule has 2 unspecified atom stereocenters. The van der Waals surface area contributed by atoms with Crippen LogP contribution >= 0.6 is 35.1 Å². The molecule has 3 aromatic carbocycles. The topological polar surface area (TPSA) is 103 Å². The summed E-state index contributed by atoms with van der Waals surface area (Å²) in [7, 11) is 3.10. The third-order valence-electron chi connectivity index (χ3n) is 8.84. The number of amides is 2. The molecule has 6 rings (SSSR count). The van der Waals surface area contributed by atoms with E-state index in [4.69, 9.17) is 46.9 Å². The molecule has 2 atom stereocenters. The highest BCUT2D eigenvalue weighted by atomic mass is 35.5. The summed E-state index contributed by atoms with van der Waals surface area (Å²) in [4.78, 5) is 21.6. The van der Waals surface area contributed by atoms with E-state index >= 15 is 0 Å². The summed E-state index contributed by atoms with van der Waals surface area (Å²) < 4.78 is 32.9. The van der Waals surface area contributed by atoms with Crippen LogP contribution in [-0.2, 0) is 31.3 Å². The number of piperazine rings is 1. The SMILES string of the molecule is COC(CN(SC)C(=O)Nc1ccc(N2CCN(c3ccc(OCC4COC(Cn5ccnc5)(c5ccc(Cl)cc5Cl)O4)cc3)CC2)cc1)OC. The Morgan fingerprint density at radius 3 is 2.27 bits per heavy atom. The summed E-state index contributed by atoms with van der Waals surface area (Å²) in [5, 5.41) is 3.96. The predicted octanol–water partition coefficient (Wildman–Crippen LogP) is 6.59. The number of ether oxygens (including phenoxy) is 5. The predicted molar refractivity (Wildman–Crippen MR) is 201 cm³/mol. The Kier molecular flexibility index (Phi) is 12.5. The third-order valence-corrected chi connectivity index (χ3v) is 10.1. The van der Waals surface area contributed by atoms with Crippen LogP contribution in [0.15, 0.2) is 85.5 Å². The first-order chi connectivity index (χ1) is 24.8. The molecule has 0 aliphatic carbocycles. The number of aromatic nitrogens is 2. The van der Waals surface area contributed by atoms with Gasteiger partial charge >= 0.3 is 6.03 Å². The molecule has 2 aliphatic heterocycles. The van der Waals surface area contributed by atoms with E-state index in [0.29, 0.717) is 41.9 Å². The maximum atomic E-state index is 12.8. The fourth-order valence-electron chi connectivity index (χ4n) is 6.10. The maximum absolute atomic E-state index is 12.8. The van der Waals surface area contributed by atoms with Gasteiger partial charge in [-0.25, -0.2) is 9.78 Å². The van der Waals surface area contributed by atoms with E-state index in [9.17, 15) is 4.79 Å². The zero-order valence-corrected chi connectivity index (χ0v) is 31.1. The van der Waals surface area contributed by atoms with E-state index in [1.807, 2.05) is 59.5 Å². The molecule has 2 amide bonds. The van der Waals surface area contributed by atoms with Crippen molar-refractivity contribution in [3.63, 3.8) is 0 Å². The molecule has 3 heterocycles. The first kappa shape index (κ1) is 37.1. The Morgan fingerprint density at radius 2 is 1.69 bits per heavy atom. The summed E-state index contributed by atoms with van der Waals surface area (Å²) in [6.07, 6.45) is 6.31. The van der Waals surface area contributed by atoms with Crippen LogP contribution in [0.4, 0.5) is 21.9 Å². The monoisotopic (exact) mass is 756 g/mol. The number of rotatable bonds is 14. The molecule has 0 radical (unpaired) electrons. The van der Waals surface area contributed by atoms with E-state index in [1.165, 1.54) is 11.9 Å². The molecular weight excluding hydrogens is 715 g/mol. The van der Waals surface area contributed by atoms with E-state index in [0.717, 1.165) is 49.0 Å². The number of imidazole rings is 1. The summed E-state index contributed by atoms with van der Waals surface area (Å²) >= 11 is 14.1. The Hall–Kier alpha value is -3.69. The van der Waals surface area contributed by atoms with Crippen molar-refractivity contribution in [3.8, 4) is 5.75 Å². The number of urea groups is 1. The molecule has 1 aromatic heterocycles. The largest absolute Gasteiger partial charge is 0.491 e. The van der Waals surface area contributed by atoms with Gasteiger partial charge in [0.2, 0.25) is 5.79 Å². The molecule has 12 nitrogen and oxygen atoms in total. The molecule has 2 saturated heterocycles. The smallest absolute Gasteiger partial charge is 0.332 e. The first-order valence-electron chi connectivity index (χ1n) is 16.5. The van der Waals surface area contributed by atoms with Crippen molar-refractivity contribution in [2.75, 3.05) is 81.5 Å². The van der Waals surface area contributed by atoms with Gasteiger partial charge in [0.25, 0.3) is 0 Å². The number of benzene rings is 3. The number of hydrogen-bond acceptors (Lipinski definition) is 10. The molecule has 0 saturated carbocycles. The molecule has 272 valence electrons. The fourth-order valence-corrected chi connectivity index (χ4v) is 7.14. The number of nitrogens with zero attached hydrogens (tertiary/aromatic N) is 5. The second-order valence-corrected chi connectivity index (χ2v) is 13.7. The number of carbonyl (C=O) groups excluding carboxylic acids is 1. The molecule has 2 aliphatic rings. The van der Waals surface area contributed by atoms with Gasteiger partial charge in [0.05, 0.1) is 31.0 Å². The lowest BCUT2D eigenvalue weighted by molar-refractivity contribution is -0.189. The standard InChI is InChI=1S/C36H42Cl2N6O6S/c1-46-34(47-2)21-44(51-3)35(45)40-27-5-7-28(8-6-27)42-16-18-43(19-17-42)29-9-11-30(12-10-29)48-22-31-23-49-36(50-31,24-41-15-14-39-25-41)32-13-4-26(37)20-33(32)38/h4-15,20,25,31,34H,16-19,21-24H2,1-3H3,(H,40,45). The van der Waals surface area contributed by atoms with Gasteiger partial charge in [-0.15, -0.1) is 0 Å². The van der Waals surface area contributed by atoms with Gasteiger partial charge in [0, 0.05) is 86.7 Å². The van der Waals surface area contributed by atoms with E-state index in [2.05, 4.69) is 32.2 Å². The van der Waals surface area contributed by atoms with Crippen LogP contribution in [0.5, 0.6) is 5.75 Å². The van der Waals surface area contributed by atoms with Crippen molar-refractivity contribution in [2.24, 2.45) is 0 Å². The lowest BCUT2D eigenvalue weighted by Gasteiger charge is -2.37. The summed E-state index contributed by atoms with van der Waals surface area (Å²) in [5.41, 5.74) is 3.68. The van der Waals surface area contributed by atoms with Crippen LogP contribution in [0.3, 0.4) is 0 Å². The van der Waals surface area contributed by atoms with Crippen LogP contribution in [-0.4, -0.2) is 98.7 Å². The Morgan fingerprint density at radius 1 is 1.02 bits per heavy atom. The number of hydrogen-bond donors (Lipinski definition) is 1. The van der Waals surface area contributed by atoms with Gasteiger partial charge in [-0.2, -0.15) is 0 Å². The molecule has 51 heavy (non-hydrogen) atoms. The van der Waals surface area contributed by atoms with Crippen molar-refractivity contribution >= 4 is 58.2 Å². The highest BCUT2D eigenvalue weighted by Gasteiger charge is 2.45. The van der Waals surface area contributed by atoms with Crippen LogP contribution in [0.25, 0.3) is 0 Å². The van der Waals surface area contributed by atoms with Crippen molar-refractivity contribution in [1.82, 2.24) is 13.9 Å².